The van der Waals surface area contributed by atoms with Crippen molar-refractivity contribution >= 4 is 23.9 Å². The van der Waals surface area contributed by atoms with Crippen LogP contribution in [0, 0.1) is 13.8 Å². The van der Waals surface area contributed by atoms with Crippen LogP contribution in [-0.4, -0.2) is 17.8 Å². The fourth-order valence-corrected chi connectivity index (χ4v) is 2.69. The third kappa shape index (κ3) is 3.72. The zero-order chi connectivity index (χ0) is 18.7. The molecule has 5 heteroatoms. The Balaban J connectivity index is 1.91. The van der Waals surface area contributed by atoms with Crippen LogP contribution in [0.25, 0.3) is 6.08 Å². The third-order valence-corrected chi connectivity index (χ3v) is 3.93. The Labute approximate surface area is 152 Å². The molecule has 0 spiro atoms. The number of esters is 2. The summed E-state index contributed by atoms with van der Waals surface area (Å²) in [7, 11) is 0. The molecule has 0 aromatic heterocycles. The van der Waals surface area contributed by atoms with E-state index in [4.69, 9.17) is 9.47 Å². The number of carbonyl (C=O) groups excluding carboxylic acids is 2. The highest BCUT2D eigenvalue weighted by molar-refractivity contribution is 6.12. The van der Waals surface area contributed by atoms with Crippen LogP contribution in [0.2, 0.25) is 0 Å². The lowest BCUT2D eigenvalue weighted by Gasteiger charge is -2.11. The lowest BCUT2D eigenvalue weighted by Crippen LogP contribution is -2.08. The molecule has 0 aliphatic carbocycles. The number of hydrogen-bond acceptors (Lipinski definition) is 5. The van der Waals surface area contributed by atoms with Gasteiger partial charge in [-0.15, -0.1) is 0 Å². The van der Waals surface area contributed by atoms with Gasteiger partial charge in [0.1, 0.15) is 5.75 Å². The van der Waals surface area contributed by atoms with Crippen LogP contribution in [0.5, 0.6) is 5.75 Å². The van der Waals surface area contributed by atoms with Crippen LogP contribution in [0.15, 0.2) is 53.2 Å². The fraction of sp³-hybridized carbons (Fsp3) is 0.190. The van der Waals surface area contributed by atoms with Gasteiger partial charge in [0.05, 0.1) is 0 Å². The lowest BCUT2D eigenvalue weighted by atomic mass is 10.0. The van der Waals surface area contributed by atoms with Crippen LogP contribution in [0.4, 0.5) is 0 Å². The maximum atomic E-state index is 12.1. The van der Waals surface area contributed by atoms with E-state index >= 15 is 0 Å². The Morgan fingerprint density at radius 3 is 2.42 bits per heavy atom. The van der Waals surface area contributed by atoms with Gasteiger partial charge < -0.3 is 9.47 Å². The second kappa shape index (κ2) is 7.35. The van der Waals surface area contributed by atoms with E-state index in [1.54, 1.807) is 13.0 Å². The van der Waals surface area contributed by atoms with Gasteiger partial charge in [0.2, 0.25) is 5.90 Å². The molecule has 0 atom stereocenters. The summed E-state index contributed by atoms with van der Waals surface area (Å²) in [5.41, 5.74) is 3.41. The van der Waals surface area contributed by atoms with Gasteiger partial charge in [-0.05, 0) is 60.9 Å². The van der Waals surface area contributed by atoms with Crippen molar-refractivity contribution in [3.8, 4) is 5.75 Å². The van der Waals surface area contributed by atoms with E-state index in [-0.39, 0.29) is 11.7 Å². The van der Waals surface area contributed by atoms with Crippen molar-refractivity contribution in [3.63, 3.8) is 0 Å². The van der Waals surface area contributed by atoms with E-state index < -0.39 is 5.97 Å². The molecule has 5 nitrogen and oxygen atoms in total. The molecule has 2 aromatic rings. The van der Waals surface area contributed by atoms with E-state index in [1.807, 2.05) is 56.3 Å². The molecule has 132 valence electrons. The first-order chi connectivity index (χ1) is 12.5. The number of ether oxygens (including phenoxy) is 2. The first-order valence-corrected chi connectivity index (χ1v) is 8.38. The van der Waals surface area contributed by atoms with Gasteiger partial charge in [0.15, 0.2) is 5.70 Å². The second-order valence-electron chi connectivity index (χ2n) is 6.01. The first kappa shape index (κ1) is 17.6. The first-order valence-electron chi connectivity index (χ1n) is 8.38. The molecule has 1 aliphatic rings. The van der Waals surface area contributed by atoms with Crippen molar-refractivity contribution in [1.29, 1.82) is 0 Å². The topological polar surface area (TPSA) is 65.0 Å². The van der Waals surface area contributed by atoms with Crippen molar-refractivity contribution in [2.45, 2.75) is 27.2 Å². The summed E-state index contributed by atoms with van der Waals surface area (Å²) in [6.07, 6.45) is 1.98. The summed E-state index contributed by atoms with van der Waals surface area (Å²) in [5.74, 6) is 0.0877. The number of benzene rings is 2. The van der Waals surface area contributed by atoms with Crippen LogP contribution >= 0.6 is 0 Å². The number of nitrogens with zero attached hydrogens (tertiary/aromatic N) is 1. The molecule has 0 N–H and O–H groups in total. The standard InChI is InChI=1S/C21H19NO4/c1-4-18(23)25-19-13(2)10-15(11-14(19)3)12-17-21(24)26-20(22-17)16-8-6-5-7-9-16/h5-12H,4H2,1-3H3/b17-12-. The summed E-state index contributed by atoms with van der Waals surface area (Å²) in [6, 6.07) is 13.0. The molecular weight excluding hydrogens is 330 g/mol. The molecule has 3 rings (SSSR count). The van der Waals surface area contributed by atoms with Crippen molar-refractivity contribution in [2.75, 3.05) is 0 Å². The molecule has 0 amide bonds. The molecule has 0 bridgehead atoms. The van der Waals surface area contributed by atoms with Crippen LogP contribution in [-0.2, 0) is 14.3 Å². The summed E-state index contributed by atoms with van der Waals surface area (Å²) in [5, 5.41) is 0. The summed E-state index contributed by atoms with van der Waals surface area (Å²) in [6.45, 7) is 5.47. The monoisotopic (exact) mass is 349 g/mol. The van der Waals surface area contributed by atoms with Crippen LogP contribution in [0.3, 0.4) is 0 Å². The minimum absolute atomic E-state index is 0.237. The Bertz CT molecular complexity index is 903. The van der Waals surface area contributed by atoms with Crippen molar-refractivity contribution in [2.24, 2.45) is 4.99 Å². The molecular formula is C21H19NO4. The number of aliphatic imine (C=N–C) groups is 1. The maximum Gasteiger partial charge on any atom is 0.363 e. The number of hydrogen-bond donors (Lipinski definition) is 0. The largest absolute Gasteiger partial charge is 0.426 e. The van der Waals surface area contributed by atoms with Crippen molar-refractivity contribution in [3.05, 3.63) is 70.4 Å². The number of cyclic esters (lactones) is 1. The van der Waals surface area contributed by atoms with Gasteiger partial charge in [0.25, 0.3) is 0 Å². The van der Waals surface area contributed by atoms with Gasteiger partial charge in [-0.3, -0.25) is 4.79 Å². The second-order valence-corrected chi connectivity index (χ2v) is 6.01. The van der Waals surface area contributed by atoms with E-state index in [1.165, 1.54) is 0 Å². The number of aryl methyl sites for hydroxylation is 2. The molecule has 1 heterocycles. The van der Waals surface area contributed by atoms with E-state index in [0.717, 1.165) is 22.3 Å². The average Bonchev–Trinajstić information content (AvgIpc) is 2.99. The zero-order valence-electron chi connectivity index (χ0n) is 14.9. The summed E-state index contributed by atoms with van der Waals surface area (Å²) >= 11 is 0. The van der Waals surface area contributed by atoms with E-state index in [2.05, 4.69) is 4.99 Å². The van der Waals surface area contributed by atoms with Gasteiger partial charge in [0, 0.05) is 12.0 Å². The normalized spacial score (nSPS) is 15.0. The Kier molecular flexibility index (Phi) is 4.98. The number of carbonyl (C=O) groups is 2. The zero-order valence-corrected chi connectivity index (χ0v) is 14.9. The molecule has 2 aromatic carbocycles. The molecule has 0 saturated heterocycles. The molecule has 0 radical (unpaired) electrons. The Morgan fingerprint density at radius 1 is 1.15 bits per heavy atom. The van der Waals surface area contributed by atoms with E-state index in [0.29, 0.717) is 18.1 Å². The highest BCUT2D eigenvalue weighted by atomic mass is 16.6. The third-order valence-electron chi connectivity index (χ3n) is 3.93. The molecule has 0 saturated carbocycles. The predicted octanol–water partition coefficient (Wildman–Crippen LogP) is 3.96. The smallest absolute Gasteiger partial charge is 0.363 e. The average molecular weight is 349 g/mol. The Morgan fingerprint density at radius 2 is 1.81 bits per heavy atom. The van der Waals surface area contributed by atoms with Gasteiger partial charge >= 0.3 is 11.9 Å². The van der Waals surface area contributed by atoms with Gasteiger partial charge in [-0.25, -0.2) is 9.79 Å². The Hall–Kier alpha value is -3.21. The van der Waals surface area contributed by atoms with Crippen LogP contribution < -0.4 is 4.74 Å². The number of rotatable bonds is 4. The van der Waals surface area contributed by atoms with Crippen molar-refractivity contribution < 1.29 is 19.1 Å². The maximum absolute atomic E-state index is 12.1. The fourth-order valence-electron chi connectivity index (χ4n) is 2.69. The van der Waals surface area contributed by atoms with Gasteiger partial charge in [-0.2, -0.15) is 0 Å². The SMILES string of the molecule is CCC(=O)Oc1c(C)cc(/C=C2\N=C(c3ccccc3)OC2=O)cc1C. The minimum atomic E-state index is -0.486. The quantitative estimate of drug-likeness (QED) is 0.476. The van der Waals surface area contributed by atoms with Crippen molar-refractivity contribution in [1.82, 2.24) is 0 Å². The lowest BCUT2D eigenvalue weighted by molar-refractivity contribution is -0.134. The minimum Gasteiger partial charge on any atom is -0.426 e. The molecule has 0 unspecified atom stereocenters. The molecule has 1 aliphatic heterocycles. The predicted molar refractivity (Wildman–Crippen MR) is 98.9 cm³/mol. The molecule has 26 heavy (non-hydrogen) atoms. The van der Waals surface area contributed by atoms with E-state index in [9.17, 15) is 9.59 Å². The highest BCUT2D eigenvalue weighted by Gasteiger charge is 2.24. The summed E-state index contributed by atoms with van der Waals surface area (Å²) in [4.78, 5) is 28.0. The molecule has 0 fully saturated rings. The van der Waals surface area contributed by atoms with Gasteiger partial charge in [-0.1, -0.05) is 25.1 Å². The summed E-state index contributed by atoms with van der Waals surface area (Å²) < 4.78 is 10.6. The highest BCUT2D eigenvalue weighted by Crippen LogP contribution is 2.27. The van der Waals surface area contributed by atoms with Crippen LogP contribution in [0.1, 0.15) is 35.6 Å².